The van der Waals surface area contributed by atoms with E-state index in [9.17, 15) is 9.18 Å². The first-order valence-corrected chi connectivity index (χ1v) is 6.84. The van der Waals surface area contributed by atoms with Crippen LogP contribution in [0.5, 0.6) is 0 Å². The molecular formula is C14H22Cl2FN3O. The minimum absolute atomic E-state index is 0. The van der Waals surface area contributed by atoms with Crippen molar-refractivity contribution in [3.05, 3.63) is 29.8 Å². The van der Waals surface area contributed by atoms with E-state index in [0.29, 0.717) is 12.1 Å². The lowest BCUT2D eigenvalue weighted by Crippen LogP contribution is -2.46. The highest BCUT2D eigenvalue weighted by molar-refractivity contribution is 5.94. The lowest BCUT2D eigenvalue weighted by molar-refractivity contribution is 0.0641. The highest BCUT2D eigenvalue weighted by Crippen LogP contribution is 2.16. The maximum Gasteiger partial charge on any atom is 0.255 e. The minimum Gasteiger partial charge on any atom is -0.336 e. The van der Waals surface area contributed by atoms with Crippen LogP contribution in [0.25, 0.3) is 0 Å². The van der Waals surface area contributed by atoms with Crippen LogP contribution in [0.1, 0.15) is 36.5 Å². The lowest BCUT2D eigenvalue weighted by Gasteiger charge is -2.34. The summed E-state index contributed by atoms with van der Waals surface area (Å²) < 4.78 is 13.2. The summed E-state index contributed by atoms with van der Waals surface area (Å²) in [6.07, 6.45) is 5.36. The molecule has 1 aromatic rings. The Morgan fingerprint density at radius 3 is 2.62 bits per heavy atom. The molecule has 1 amide bonds. The van der Waals surface area contributed by atoms with Gasteiger partial charge in [0.15, 0.2) is 0 Å². The first-order chi connectivity index (χ1) is 9.22. The summed E-state index contributed by atoms with van der Waals surface area (Å²) in [6, 6.07) is 1.51. The zero-order chi connectivity index (χ0) is 13.7. The van der Waals surface area contributed by atoms with E-state index in [1.165, 1.54) is 12.3 Å². The fourth-order valence-electron chi connectivity index (χ4n) is 2.50. The lowest BCUT2D eigenvalue weighted by atomic mass is 10.0. The van der Waals surface area contributed by atoms with Crippen molar-refractivity contribution in [2.45, 2.75) is 32.2 Å². The van der Waals surface area contributed by atoms with Crippen molar-refractivity contribution >= 4 is 30.7 Å². The zero-order valence-corrected chi connectivity index (χ0v) is 13.7. The molecule has 0 radical (unpaired) electrons. The van der Waals surface area contributed by atoms with E-state index in [-0.39, 0.29) is 36.8 Å². The Kier molecular flexibility index (Phi) is 9.49. The summed E-state index contributed by atoms with van der Waals surface area (Å²) in [5.74, 6) is -0.576. The molecule has 0 aliphatic carbocycles. The number of hydrogen-bond donors (Lipinski definition) is 1. The monoisotopic (exact) mass is 337 g/mol. The van der Waals surface area contributed by atoms with Gasteiger partial charge in [0.05, 0.1) is 11.8 Å². The number of aromatic nitrogens is 1. The van der Waals surface area contributed by atoms with Crippen LogP contribution in [-0.2, 0) is 0 Å². The van der Waals surface area contributed by atoms with Crippen molar-refractivity contribution in [2.24, 2.45) is 0 Å². The summed E-state index contributed by atoms with van der Waals surface area (Å²) in [4.78, 5) is 18.1. The highest BCUT2D eigenvalue weighted by Gasteiger charge is 2.25. The minimum atomic E-state index is -0.465. The van der Waals surface area contributed by atoms with E-state index < -0.39 is 5.82 Å². The number of pyridine rings is 1. The van der Waals surface area contributed by atoms with Gasteiger partial charge in [-0.05, 0) is 38.4 Å². The molecule has 120 valence electrons. The number of nitrogens with zero attached hydrogens (tertiary/aromatic N) is 2. The van der Waals surface area contributed by atoms with Crippen molar-refractivity contribution in [1.29, 1.82) is 0 Å². The maximum absolute atomic E-state index is 13.2. The van der Waals surface area contributed by atoms with Gasteiger partial charge in [0.25, 0.3) is 5.91 Å². The molecule has 0 aromatic carbocycles. The molecule has 2 heterocycles. The molecular weight excluding hydrogens is 316 g/mol. The fourth-order valence-corrected chi connectivity index (χ4v) is 2.50. The van der Waals surface area contributed by atoms with Gasteiger partial charge in [0.2, 0.25) is 0 Å². The Bertz CT molecular complexity index is 442. The Balaban J connectivity index is 0.00000200. The van der Waals surface area contributed by atoms with Crippen LogP contribution in [0, 0.1) is 5.82 Å². The molecule has 1 aliphatic rings. The van der Waals surface area contributed by atoms with Gasteiger partial charge in [0.1, 0.15) is 5.82 Å². The van der Waals surface area contributed by atoms with E-state index in [0.717, 1.165) is 38.5 Å². The third-order valence-corrected chi connectivity index (χ3v) is 3.43. The van der Waals surface area contributed by atoms with Gasteiger partial charge in [-0.15, -0.1) is 24.8 Å². The first-order valence-electron chi connectivity index (χ1n) is 6.84. The van der Waals surface area contributed by atoms with Crippen LogP contribution < -0.4 is 5.32 Å². The van der Waals surface area contributed by atoms with Crippen LogP contribution in [-0.4, -0.2) is 41.5 Å². The third-order valence-electron chi connectivity index (χ3n) is 3.43. The average Bonchev–Trinajstić information content (AvgIpc) is 2.45. The zero-order valence-electron chi connectivity index (χ0n) is 12.0. The van der Waals surface area contributed by atoms with Crippen LogP contribution in [0.2, 0.25) is 0 Å². The topological polar surface area (TPSA) is 45.2 Å². The van der Waals surface area contributed by atoms with Crippen molar-refractivity contribution in [1.82, 2.24) is 15.2 Å². The maximum atomic E-state index is 13.2. The number of nitrogens with one attached hydrogen (secondary N) is 1. The van der Waals surface area contributed by atoms with Crippen LogP contribution in [0.3, 0.4) is 0 Å². The van der Waals surface area contributed by atoms with Gasteiger partial charge < -0.3 is 10.2 Å². The summed E-state index contributed by atoms with van der Waals surface area (Å²) in [6.45, 7) is 4.62. The van der Waals surface area contributed by atoms with Crippen molar-refractivity contribution in [3.8, 4) is 0 Å². The molecule has 2 rings (SSSR count). The van der Waals surface area contributed by atoms with E-state index in [4.69, 9.17) is 0 Å². The molecule has 4 nitrogen and oxygen atoms in total. The molecule has 1 aliphatic heterocycles. The van der Waals surface area contributed by atoms with E-state index in [1.54, 1.807) is 0 Å². The molecule has 0 saturated carbocycles. The van der Waals surface area contributed by atoms with Crippen molar-refractivity contribution in [2.75, 3.05) is 19.6 Å². The van der Waals surface area contributed by atoms with Gasteiger partial charge in [-0.2, -0.15) is 0 Å². The van der Waals surface area contributed by atoms with E-state index in [1.807, 2.05) is 11.8 Å². The summed E-state index contributed by atoms with van der Waals surface area (Å²) in [5.41, 5.74) is 0.340. The number of hydrogen-bond acceptors (Lipinski definition) is 3. The molecule has 1 fully saturated rings. The number of carbonyl (C=O) groups is 1. The Hall–Kier alpha value is -0.910. The fraction of sp³-hybridized carbons (Fsp3) is 0.571. The Labute approximate surface area is 137 Å². The molecule has 1 N–H and O–H groups in total. The van der Waals surface area contributed by atoms with E-state index >= 15 is 0 Å². The van der Waals surface area contributed by atoms with Gasteiger partial charge in [0, 0.05) is 18.8 Å². The third kappa shape index (κ3) is 5.41. The van der Waals surface area contributed by atoms with Gasteiger partial charge in [-0.1, -0.05) is 6.92 Å². The van der Waals surface area contributed by atoms with Crippen LogP contribution in [0.4, 0.5) is 4.39 Å². The van der Waals surface area contributed by atoms with Gasteiger partial charge in [-0.25, -0.2) is 4.39 Å². The first kappa shape index (κ1) is 20.1. The number of amides is 1. The molecule has 0 spiro atoms. The smallest absolute Gasteiger partial charge is 0.255 e. The highest BCUT2D eigenvalue weighted by atomic mass is 35.5. The summed E-state index contributed by atoms with van der Waals surface area (Å²) in [5, 5.41) is 3.29. The standard InChI is InChI=1S/C14H20FN3O.2ClH/c1-2-7-18(13-3-5-16-6-4-13)14(19)11-8-12(15)10-17-9-11;;/h8-10,13,16H,2-7H2,1H3;2*1H. The number of carbonyl (C=O) groups excluding carboxylic acids is 1. The number of halogens is 3. The van der Waals surface area contributed by atoms with Crippen LogP contribution >= 0.6 is 24.8 Å². The molecule has 21 heavy (non-hydrogen) atoms. The van der Waals surface area contributed by atoms with E-state index in [2.05, 4.69) is 10.3 Å². The molecule has 0 atom stereocenters. The molecule has 0 unspecified atom stereocenters. The summed E-state index contributed by atoms with van der Waals surface area (Å²) >= 11 is 0. The molecule has 1 aromatic heterocycles. The average molecular weight is 338 g/mol. The second-order valence-electron chi connectivity index (χ2n) is 4.87. The second-order valence-corrected chi connectivity index (χ2v) is 4.87. The van der Waals surface area contributed by atoms with Crippen molar-refractivity contribution in [3.63, 3.8) is 0 Å². The Morgan fingerprint density at radius 2 is 2.05 bits per heavy atom. The molecule has 0 bridgehead atoms. The van der Waals surface area contributed by atoms with Crippen LogP contribution in [0.15, 0.2) is 18.5 Å². The normalized spacial score (nSPS) is 14.8. The van der Waals surface area contributed by atoms with Gasteiger partial charge >= 0.3 is 0 Å². The predicted molar refractivity (Wildman–Crippen MR) is 85.9 cm³/mol. The SMILES string of the molecule is CCCN(C(=O)c1cncc(F)c1)C1CCNCC1.Cl.Cl. The Morgan fingerprint density at radius 1 is 1.38 bits per heavy atom. The number of piperidine rings is 1. The predicted octanol–water partition coefficient (Wildman–Crippen LogP) is 2.67. The number of rotatable bonds is 4. The van der Waals surface area contributed by atoms with Crippen molar-refractivity contribution < 1.29 is 9.18 Å². The molecule has 1 saturated heterocycles. The quantitative estimate of drug-likeness (QED) is 0.918. The summed E-state index contributed by atoms with van der Waals surface area (Å²) in [7, 11) is 0. The molecule has 7 heteroatoms. The van der Waals surface area contributed by atoms with Gasteiger partial charge in [-0.3, -0.25) is 9.78 Å². The second kappa shape index (κ2) is 9.92. The largest absolute Gasteiger partial charge is 0.336 e.